The van der Waals surface area contributed by atoms with E-state index in [1.54, 1.807) is 6.07 Å². The Balaban J connectivity index is 3.02. The topological polar surface area (TPSA) is 76.0 Å². The van der Waals surface area contributed by atoms with Crippen LogP contribution in [0, 0.1) is 0 Å². The van der Waals surface area contributed by atoms with Crippen LogP contribution in [0.4, 0.5) is 0 Å². The highest BCUT2D eigenvalue weighted by Gasteiger charge is 2.28. The fourth-order valence-electron chi connectivity index (χ4n) is 1.30. The molecule has 6 heteroatoms. The van der Waals surface area contributed by atoms with Gasteiger partial charge in [-0.05, 0) is 18.2 Å². The average molecular weight is 261 g/mol. The second kappa shape index (κ2) is 5.86. The lowest BCUT2D eigenvalue weighted by Crippen LogP contribution is -2.29. The number of aliphatic hydroxyl groups excluding tert-OH is 2. The molecule has 94 valence electrons. The van der Waals surface area contributed by atoms with Gasteiger partial charge in [-0.3, -0.25) is 0 Å². The summed E-state index contributed by atoms with van der Waals surface area (Å²) in [5.41, 5.74) is 0.198. The maximum atomic E-state index is 11.1. The Morgan fingerprint density at radius 2 is 2.00 bits per heavy atom. The minimum absolute atomic E-state index is 0.198. The molecule has 0 aromatic heterocycles. The van der Waals surface area contributed by atoms with E-state index in [-0.39, 0.29) is 10.6 Å². The van der Waals surface area contributed by atoms with Gasteiger partial charge in [-0.1, -0.05) is 11.6 Å². The maximum absolute atomic E-state index is 11.1. The lowest BCUT2D eigenvalue weighted by Gasteiger charge is -2.17. The maximum Gasteiger partial charge on any atom is 0.337 e. The van der Waals surface area contributed by atoms with Crippen LogP contribution in [0.3, 0.4) is 0 Å². The lowest BCUT2D eigenvalue weighted by atomic mass is 10.0. The van der Waals surface area contributed by atoms with Gasteiger partial charge in [0.1, 0.15) is 11.9 Å². The van der Waals surface area contributed by atoms with Crippen LogP contribution in [0.2, 0.25) is 5.02 Å². The highest BCUT2D eigenvalue weighted by Crippen LogP contribution is 2.29. The number of aliphatic hydroxyl groups is 2. The van der Waals surface area contributed by atoms with E-state index in [1.165, 1.54) is 19.2 Å². The van der Waals surface area contributed by atoms with E-state index in [4.69, 9.17) is 16.3 Å². The Labute approximate surface area is 104 Å². The molecule has 2 N–H and O–H groups in total. The van der Waals surface area contributed by atoms with E-state index in [0.29, 0.717) is 5.75 Å². The standard InChI is InChI=1S/C11H13ClO5/c1-16-6-3-4-8(12)7(5-6)9(13)10(14)11(15)17-2/h3-5,9-10,13-14H,1-2H3. The Bertz CT molecular complexity index is 407. The quantitative estimate of drug-likeness (QED) is 0.787. The highest BCUT2D eigenvalue weighted by molar-refractivity contribution is 6.31. The summed E-state index contributed by atoms with van der Waals surface area (Å²) in [6.07, 6.45) is -3.16. The largest absolute Gasteiger partial charge is 0.497 e. The monoisotopic (exact) mass is 260 g/mol. The van der Waals surface area contributed by atoms with Gasteiger partial charge >= 0.3 is 5.97 Å². The Morgan fingerprint density at radius 3 is 2.53 bits per heavy atom. The van der Waals surface area contributed by atoms with Crippen LogP contribution >= 0.6 is 11.6 Å². The smallest absolute Gasteiger partial charge is 0.337 e. The summed E-state index contributed by atoms with van der Waals surface area (Å²) in [5.74, 6) is -0.475. The summed E-state index contributed by atoms with van der Waals surface area (Å²) in [5, 5.41) is 19.5. The molecule has 0 heterocycles. The SMILES string of the molecule is COC(=O)C(O)C(O)c1cc(OC)ccc1Cl. The summed E-state index contributed by atoms with van der Waals surface area (Å²) in [4.78, 5) is 11.1. The molecule has 0 bridgehead atoms. The van der Waals surface area contributed by atoms with E-state index >= 15 is 0 Å². The Hall–Kier alpha value is -1.30. The zero-order valence-electron chi connectivity index (χ0n) is 9.38. The average Bonchev–Trinajstić information content (AvgIpc) is 2.36. The first-order valence-corrected chi connectivity index (χ1v) is 5.16. The summed E-state index contributed by atoms with van der Waals surface area (Å²) < 4.78 is 9.29. The number of ether oxygens (including phenoxy) is 2. The van der Waals surface area contributed by atoms with Crippen LogP contribution in [-0.4, -0.2) is 36.5 Å². The van der Waals surface area contributed by atoms with Gasteiger partial charge in [0.2, 0.25) is 0 Å². The Morgan fingerprint density at radius 1 is 1.35 bits per heavy atom. The van der Waals surface area contributed by atoms with Gasteiger partial charge in [0.05, 0.1) is 14.2 Å². The van der Waals surface area contributed by atoms with Gasteiger partial charge in [-0.2, -0.15) is 0 Å². The van der Waals surface area contributed by atoms with Crippen LogP contribution in [0.5, 0.6) is 5.75 Å². The molecule has 0 saturated heterocycles. The number of benzene rings is 1. The molecule has 0 fully saturated rings. The van der Waals surface area contributed by atoms with Gasteiger partial charge < -0.3 is 19.7 Å². The molecule has 17 heavy (non-hydrogen) atoms. The first-order valence-electron chi connectivity index (χ1n) is 4.78. The van der Waals surface area contributed by atoms with Crippen molar-refractivity contribution in [1.82, 2.24) is 0 Å². The summed E-state index contributed by atoms with van der Waals surface area (Å²) in [7, 11) is 2.57. The molecule has 0 aliphatic carbocycles. The van der Waals surface area contributed by atoms with Gasteiger partial charge in [0.25, 0.3) is 0 Å². The van der Waals surface area contributed by atoms with Crippen molar-refractivity contribution >= 4 is 17.6 Å². The van der Waals surface area contributed by atoms with E-state index in [2.05, 4.69) is 4.74 Å². The second-order valence-electron chi connectivity index (χ2n) is 3.30. The molecule has 0 saturated carbocycles. The van der Waals surface area contributed by atoms with Crippen molar-refractivity contribution in [3.8, 4) is 5.75 Å². The molecule has 1 rings (SSSR count). The van der Waals surface area contributed by atoms with Crippen molar-refractivity contribution in [3.05, 3.63) is 28.8 Å². The Kier molecular flexibility index (Phi) is 4.74. The molecular formula is C11H13ClO5. The number of esters is 1. The summed E-state index contributed by atoms with van der Waals surface area (Å²) in [6, 6.07) is 4.55. The minimum Gasteiger partial charge on any atom is -0.497 e. The highest BCUT2D eigenvalue weighted by atomic mass is 35.5. The predicted octanol–water partition coefficient (Wildman–Crippen LogP) is 0.916. The van der Waals surface area contributed by atoms with Crippen LogP contribution in [-0.2, 0) is 9.53 Å². The molecule has 1 aromatic rings. The number of methoxy groups -OCH3 is 2. The van der Waals surface area contributed by atoms with E-state index in [0.717, 1.165) is 7.11 Å². The van der Waals surface area contributed by atoms with Crippen molar-refractivity contribution in [3.63, 3.8) is 0 Å². The van der Waals surface area contributed by atoms with Gasteiger partial charge in [0.15, 0.2) is 6.10 Å². The molecule has 5 nitrogen and oxygen atoms in total. The third kappa shape index (κ3) is 3.09. The molecule has 0 aliphatic rings. The number of carbonyl (C=O) groups is 1. The second-order valence-corrected chi connectivity index (χ2v) is 3.71. The third-order valence-electron chi connectivity index (χ3n) is 2.26. The predicted molar refractivity (Wildman–Crippen MR) is 61.0 cm³/mol. The van der Waals surface area contributed by atoms with Gasteiger partial charge in [-0.25, -0.2) is 4.79 Å². The van der Waals surface area contributed by atoms with Gasteiger partial charge in [-0.15, -0.1) is 0 Å². The first kappa shape index (κ1) is 13.8. The molecule has 0 radical (unpaired) electrons. The molecule has 0 spiro atoms. The molecule has 0 aliphatic heterocycles. The summed E-state index contributed by atoms with van der Waals surface area (Å²) >= 11 is 5.86. The van der Waals surface area contributed by atoms with Gasteiger partial charge in [0, 0.05) is 10.6 Å². The number of carbonyl (C=O) groups excluding carboxylic acids is 1. The van der Waals surface area contributed by atoms with Crippen LogP contribution in [0.25, 0.3) is 0 Å². The van der Waals surface area contributed by atoms with E-state index in [9.17, 15) is 15.0 Å². The van der Waals surface area contributed by atoms with Crippen molar-refractivity contribution in [2.45, 2.75) is 12.2 Å². The van der Waals surface area contributed by atoms with Crippen LogP contribution in [0.1, 0.15) is 11.7 Å². The minimum atomic E-state index is -1.69. The molecule has 2 unspecified atom stereocenters. The molecule has 1 aromatic carbocycles. The van der Waals surface area contributed by atoms with E-state index in [1.807, 2.05) is 0 Å². The van der Waals surface area contributed by atoms with E-state index < -0.39 is 18.2 Å². The van der Waals surface area contributed by atoms with Crippen molar-refractivity contribution < 1.29 is 24.5 Å². The van der Waals surface area contributed by atoms with Crippen molar-refractivity contribution in [2.75, 3.05) is 14.2 Å². The zero-order chi connectivity index (χ0) is 13.0. The van der Waals surface area contributed by atoms with Crippen LogP contribution < -0.4 is 4.74 Å². The van der Waals surface area contributed by atoms with Crippen LogP contribution in [0.15, 0.2) is 18.2 Å². The third-order valence-corrected chi connectivity index (χ3v) is 2.61. The normalized spacial score (nSPS) is 13.9. The first-order chi connectivity index (χ1) is 8.01. The number of halogens is 1. The van der Waals surface area contributed by atoms with Crippen molar-refractivity contribution in [2.24, 2.45) is 0 Å². The number of hydrogen-bond acceptors (Lipinski definition) is 5. The number of rotatable bonds is 4. The molecule has 2 atom stereocenters. The fourth-order valence-corrected chi connectivity index (χ4v) is 1.52. The number of hydrogen-bond donors (Lipinski definition) is 2. The molecule has 0 amide bonds. The lowest BCUT2D eigenvalue weighted by molar-refractivity contribution is -0.156. The van der Waals surface area contributed by atoms with Crippen molar-refractivity contribution in [1.29, 1.82) is 0 Å². The zero-order valence-corrected chi connectivity index (χ0v) is 10.1. The fraction of sp³-hybridized carbons (Fsp3) is 0.364. The molecular weight excluding hydrogens is 248 g/mol. The summed E-state index contributed by atoms with van der Waals surface area (Å²) in [6.45, 7) is 0.